The standard InChI is InChI=1S/C28H38N6O6S/c1-2-3-4-5-6-7-8-9-10-11-12-13-14-15-16-40-28(35)22-17-21(33(36)37)18-23(34(38)39)25(22)41-27-24-26(30-19-29-24)31-20-32-27/h17-20,24H,2-16H2,1H3. The van der Waals surface area contributed by atoms with Gasteiger partial charge in [0.05, 0.1) is 28.1 Å². The van der Waals surface area contributed by atoms with Crippen molar-refractivity contribution in [2.75, 3.05) is 6.61 Å². The molecule has 1 aromatic rings. The minimum atomic E-state index is -0.858. The molecule has 0 saturated carbocycles. The number of ether oxygens (including phenoxy) is 1. The minimum absolute atomic E-state index is 0.0953. The number of fused-ring (bicyclic) bond motifs is 1. The van der Waals surface area contributed by atoms with Crippen LogP contribution in [0, 0.1) is 20.2 Å². The van der Waals surface area contributed by atoms with Gasteiger partial charge in [0, 0.05) is 6.07 Å². The summed E-state index contributed by atoms with van der Waals surface area (Å²) in [5.41, 5.74) is -1.41. The fourth-order valence-electron chi connectivity index (χ4n) is 4.61. The van der Waals surface area contributed by atoms with Crippen molar-refractivity contribution >= 4 is 52.7 Å². The van der Waals surface area contributed by atoms with E-state index in [9.17, 15) is 25.0 Å². The number of nitro benzene ring substituents is 2. The van der Waals surface area contributed by atoms with Crippen LogP contribution >= 0.6 is 11.8 Å². The number of rotatable bonds is 19. The van der Waals surface area contributed by atoms with Gasteiger partial charge in [-0.2, -0.15) is 0 Å². The van der Waals surface area contributed by atoms with Gasteiger partial charge >= 0.3 is 5.97 Å². The lowest BCUT2D eigenvalue weighted by molar-refractivity contribution is -0.396. The Morgan fingerprint density at radius 3 is 2.05 bits per heavy atom. The van der Waals surface area contributed by atoms with E-state index >= 15 is 0 Å². The van der Waals surface area contributed by atoms with Crippen LogP contribution in [0.3, 0.4) is 0 Å². The second kappa shape index (κ2) is 17.4. The van der Waals surface area contributed by atoms with Gasteiger partial charge in [-0.25, -0.2) is 19.8 Å². The van der Waals surface area contributed by atoms with E-state index in [1.807, 2.05) is 0 Å². The van der Waals surface area contributed by atoms with Gasteiger partial charge in [0.2, 0.25) is 0 Å². The van der Waals surface area contributed by atoms with Gasteiger partial charge in [-0.1, -0.05) is 102 Å². The number of thioether (sulfide) groups is 1. The summed E-state index contributed by atoms with van der Waals surface area (Å²) in [6, 6.07) is 1.18. The molecule has 0 aliphatic carbocycles. The molecule has 2 aliphatic rings. The monoisotopic (exact) mass is 586 g/mol. The Morgan fingerprint density at radius 2 is 1.46 bits per heavy atom. The highest BCUT2D eigenvalue weighted by atomic mass is 32.2. The highest BCUT2D eigenvalue weighted by Crippen LogP contribution is 2.39. The first kappa shape index (κ1) is 32.0. The Morgan fingerprint density at radius 1 is 0.854 bits per heavy atom. The summed E-state index contributed by atoms with van der Waals surface area (Å²) in [4.78, 5) is 51.1. The number of esters is 1. The summed E-state index contributed by atoms with van der Waals surface area (Å²) < 4.78 is 5.40. The summed E-state index contributed by atoms with van der Waals surface area (Å²) in [5, 5.41) is 23.6. The summed E-state index contributed by atoms with van der Waals surface area (Å²) >= 11 is 0.834. The smallest absolute Gasteiger partial charge is 0.339 e. The molecule has 0 N–H and O–H groups in total. The molecule has 0 bridgehead atoms. The number of unbranched alkanes of at least 4 members (excludes halogenated alkanes) is 13. The molecular weight excluding hydrogens is 548 g/mol. The van der Waals surface area contributed by atoms with E-state index in [2.05, 4.69) is 26.9 Å². The zero-order valence-corrected chi connectivity index (χ0v) is 24.4. The highest BCUT2D eigenvalue weighted by molar-refractivity contribution is 8.14. The first-order chi connectivity index (χ1) is 19.9. The Labute approximate surface area is 244 Å². The third-order valence-corrected chi connectivity index (χ3v) is 8.05. The number of carbonyl (C=O) groups excluding carboxylic acids is 1. The Balaban J connectivity index is 1.48. The maximum atomic E-state index is 13.0. The molecule has 3 rings (SSSR count). The van der Waals surface area contributed by atoms with Gasteiger partial charge in [-0.3, -0.25) is 25.2 Å². The molecule has 13 heteroatoms. The molecule has 2 heterocycles. The van der Waals surface area contributed by atoms with Gasteiger partial charge in [-0.15, -0.1) is 0 Å². The molecule has 0 saturated heterocycles. The van der Waals surface area contributed by atoms with Crippen LogP contribution in [0.2, 0.25) is 0 Å². The van der Waals surface area contributed by atoms with E-state index < -0.39 is 33.2 Å². The van der Waals surface area contributed by atoms with E-state index in [1.54, 1.807) is 0 Å². The number of non-ortho nitro benzene ring substituents is 1. The average Bonchev–Trinajstić information content (AvgIpc) is 3.45. The topological polar surface area (TPSA) is 162 Å². The molecule has 0 fully saturated rings. The quantitative estimate of drug-likeness (QED) is 0.0702. The summed E-state index contributed by atoms with van der Waals surface area (Å²) in [6.07, 6.45) is 19.3. The zero-order valence-electron chi connectivity index (χ0n) is 23.5. The van der Waals surface area contributed by atoms with Gasteiger partial charge in [0.1, 0.15) is 22.6 Å². The number of nitrogens with zero attached hydrogens (tertiary/aromatic N) is 6. The fourth-order valence-corrected chi connectivity index (χ4v) is 5.69. The number of nitro groups is 2. The number of amidine groups is 1. The molecule has 41 heavy (non-hydrogen) atoms. The molecule has 0 aromatic heterocycles. The van der Waals surface area contributed by atoms with Crippen LogP contribution < -0.4 is 0 Å². The third-order valence-electron chi connectivity index (χ3n) is 6.88. The van der Waals surface area contributed by atoms with Crippen LogP contribution in [0.1, 0.15) is 107 Å². The average molecular weight is 587 g/mol. The second-order valence-corrected chi connectivity index (χ2v) is 11.1. The molecule has 0 spiro atoms. The maximum Gasteiger partial charge on any atom is 0.339 e. The van der Waals surface area contributed by atoms with Crippen molar-refractivity contribution in [2.45, 2.75) is 108 Å². The molecule has 222 valence electrons. The van der Waals surface area contributed by atoms with Crippen molar-refractivity contribution in [2.24, 2.45) is 20.0 Å². The van der Waals surface area contributed by atoms with Gasteiger partial charge in [0.15, 0.2) is 11.9 Å². The lowest BCUT2D eigenvalue weighted by Gasteiger charge is -2.15. The van der Waals surface area contributed by atoms with E-state index in [-0.39, 0.29) is 17.1 Å². The van der Waals surface area contributed by atoms with Crippen molar-refractivity contribution < 1.29 is 19.4 Å². The number of hydrogen-bond donors (Lipinski definition) is 0. The van der Waals surface area contributed by atoms with Crippen LogP contribution in [0.15, 0.2) is 37.0 Å². The molecular formula is C28H38N6O6S. The lowest BCUT2D eigenvalue weighted by atomic mass is 10.0. The van der Waals surface area contributed by atoms with Gasteiger partial charge in [-0.05, 0) is 6.42 Å². The summed E-state index contributed by atoms with van der Waals surface area (Å²) in [7, 11) is 0. The number of carbonyl (C=O) groups is 1. The third kappa shape index (κ3) is 10.1. The van der Waals surface area contributed by atoms with Crippen LogP contribution in [-0.4, -0.2) is 52.0 Å². The summed E-state index contributed by atoms with van der Waals surface area (Å²) in [6.45, 7) is 2.36. The lowest BCUT2D eigenvalue weighted by Crippen LogP contribution is -2.26. The van der Waals surface area contributed by atoms with Crippen molar-refractivity contribution in [3.05, 3.63) is 37.9 Å². The van der Waals surface area contributed by atoms with Crippen molar-refractivity contribution in [1.29, 1.82) is 0 Å². The molecule has 1 atom stereocenters. The van der Waals surface area contributed by atoms with Crippen molar-refractivity contribution in [3.8, 4) is 0 Å². The fraction of sp³-hybridized carbons (Fsp3) is 0.607. The SMILES string of the molecule is CCCCCCCCCCCCCCCCOC(=O)c1cc([N+](=O)[O-])cc([N+](=O)[O-])c1SC1=NC=NC2=NC=NC21. The van der Waals surface area contributed by atoms with Crippen LogP contribution in [0.25, 0.3) is 0 Å². The maximum absolute atomic E-state index is 13.0. The molecule has 2 aliphatic heterocycles. The predicted molar refractivity (Wildman–Crippen MR) is 162 cm³/mol. The Kier molecular flexibility index (Phi) is 13.6. The number of hydrogen-bond acceptors (Lipinski definition) is 11. The molecule has 0 radical (unpaired) electrons. The van der Waals surface area contributed by atoms with Crippen molar-refractivity contribution in [3.63, 3.8) is 0 Å². The largest absolute Gasteiger partial charge is 0.462 e. The first-order valence-electron chi connectivity index (χ1n) is 14.4. The van der Waals surface area contributed by atoms with Crippen LogP contribution in [0.4, 0.5) is 11.4 Å². The van der Waals surface area contributed by atoms with Crippen LogP contribution in [0.5, 0.6) is 0 Å². The minimum Gasteiger partial charge on any atom is -0.462 e. The van der Waals surface area contributed by atoms with Gasteiger partial charge in [0.25, 0.3) is 11.4 Å². The normalized spacial score (nSPS) is 15.4. The number of benzene rings is 1. The highest BCUT2D eigenvalue weighted by Gasteiger charge is 2.34. The zero-order chi connectivity index (χ0) is 29.5. The molecule has 12 nitrogen and oxygen atoms in total. The Bertz CT molecular complexity index is 1200. The van der Waals surface area contributed by atoms with Crippen LogP contribution in [-0.2, 0) is 4.74 Å². The second-order valence-electron chi connectivity index (χ2n) is 10.1. The van der Waals surface area contributed by atoms with Gasteiger partial charge < -0.3 is 4.74 Å². The molecule has 0 amide bonds. The van der Waals surface area contributed by atoms with E-state index in [1.165, 1.54) is 76.9 Å². The first-order valence-corrected chi connectivity index (χ1v) is 15.3. The predicted octanol–water partition coefficient (Wildman–Crippen LogP) is 7.48. The molecule has 1 unspecified atom stereocenters. The van der Waals surface area contributed by atoms with E-state index in [4.69, 9.17) is 4.74 Å². The van der Waals surface area contributed by atoms with Crippen molar-refractivity contribution in [1.82, 2.24) is 0 Å². The molecule has 1 aromatic carbocycles. The summed E-state index contributed by atoms with van der Waals surface area (Å²) in [5.74, 6) is -0.489. The Hall–Kier alpha value is -3.48. The van der Waals surface area contributed by atoms with E-state index in [0.29, 0.717) is 17.3 Å². The van der Waals surface area contributed by atoms with E-state index in [0.717, 1.165) is 43.2 Å². The number of aliphatic imine (C=N–C) groups is 4.